The summed E-state index contributed by atoms with van der Waals surface area (Å²) >= 11 is 0. The normalized spacial score (nSPS) is 12.0. The molecule has 0 aromatic heterocycles. The third-order valence-corrected chi connectivity index (χ3v) is 3.45. The van der Waals surface area contributed by atoms with Crippen LogP contribution in [0.4, 0.5) is 0 Å². The zero-order valence-electron chi connectivity index (χ0n) is 17.7. The van der Waals surface area contributed by atoms with E-state index in [1.165, 1.54) is 5.56 Å². The monoisotopic (exact) mass is 376 g/mol. The maximum absolute atomic E-state index is 11.9. The lowest BCUT2D eigenvalue weighted by atomic mass is 10.1. The summed E-state index contributed by atoms with van der Waals surface area (Å²) in [6.45, 7) is 14.5. The number of nitrogens with one attached hydrogen (secondary N) is 3. The highest BCUT2D eigenvalue weighted by Gasteiger charge is 2.13. The summed E-state index contributed by atoms with van der Waals surface area (Å²) < 4.78 is 5.70. The first-order valence-electron chi connectivity index (χ1n) is 9.74. The van der Waals surface area contributed by atoms with Crippen LogP contribution < -0.4 is 20.7 Å². The molecule has 0 saturated heterocycles. The molecule has 0 saturated carbocycles. The first-order chi connectivity index (χ1) is 12.7. The number of carbonyl (C=O) groups excluding carboxylic acids is 1. The van der Waals surface area contributed by atoms with Crippen molar-refractivity contribution in [3.05, 3.63) is 29.8 Å². The Balaban J connectivity index is 2.45. The molecule has 0 atom stereocenters. The number of rotatable bonds is 9. The van der Waals surface area contributed by atoms with Gasteiger partial charge in [0.2, 0.25) is 5.91 Å². The molecule has 0 heterocycles. The fraction of sp³-hybridized carbons (Fsp3) is 0.619. The van der Waals surface area contributed by atoms with E-state index < -0.39 is 0 Å². The molecule has 0 bridgehead atoms. The summed E-state index contributed by atoms with van der Waals surface area (Å²) in [5.41, 5.74) is 0.976. The van der Waals surface area contributed by atoms with Crippen molar-refractivity contribution >= 4 is 11.9 Å². The number of ether oxygens (including phenoxy) is 1. The Morgan fingerprint density at radius 1 is 1.15 bits per heavy atom. The maximum atomic E-state index is 11.9. The highest BCUT2D eigenvalue weighted by Crippen LogP contribution is 2.13. The van der Waals surface area contributed by atoms with Crippen molar-refractivity contribution in [2.45, 2.75) is 53.5 Å². The van der Waals surface area contributed by atoms with Crippen molar-refractivity contribution in [1.82, 2.24) is 16.0 Å². The molecule has 1 aromatic carbocycles. The molecule has 152 valence electrons. The van der Waals surface area contributed by atoms with Gasteiger partial charge in [-0.2, -0.15) is 0 Å². The second-order valence-corrected chi connectivity index (χ2v) is 8.02. The largest absolute Gasteiger partial charge is 0.493 e. The number of aliphatic imine (C=N–C) groups is 1. The van der Waals surface area contributed by atoms with Gasteiger partial charge in [-0.05, 0) is 57.7 Å². The molecule has 0 radical (unpaired) electrons. The van der Waals surface area contributed by atoms with Gasteiger partial charge >= 0.3 is 0 Å². The summed E-state index contributed by atoms with van der Waals surface area (Å²) in [7, 11) is 0. The summed E-state index contributed by atoms with van der Waals surface area (Å²) in [5, 5.41) is 9.34. The van der Waals surface area contributed by atoms with Crippen molar-refractivity contribution in [2.24, 2.45) is 10.9 Å². The summed E-state index contributed by atoms with van der Waals surface area (Å²) in [4.78, 5) is 16.3. The first kappa shape index (κ1) is 22.8. The Labute approximate surface area is 164 Å². The molecule has 6 nitrogen and oxygen atoms in total. The molecule has 0 unspecified atom stereocenters. The number of guanidine groups is 1. The third kappa shape index (κ3) is 11.2. The van der Waals surface area contributed by atoms with Gasteiger partial charge in [-0.1, -0.05) is 26.0 Å². The van der Waals surface area contributed by atoms with Crippen molar-refractivity contribution in [3.8, 4) is 5.75 Å². The molecule has 1 aromatic rings. The second kappa shape index (κ2) is 11.5. The van der Waals surface area contributed by atoms with Crippen molar-refractivity contribution in [2.75, 3.05) is 26.2 Å². The van der Waals surface area contributed by atoms with E-state index in [9.17, 15) is 4.79 Å². The molecule has 0 aliphatic carbocycles. The fourth-order valence-corrected chi connectivity index (χ4v) is 2.29. The van der Waals surface area contributed by atoms with Gasteiger partial charge in [0.1, 0.15) is 12.3 Å². The minimum absolute atomic E-state index is 0.0864. The molecule has 3 N–H and O–H groups in total. The molecular formula is C21H36N4O2. The molecule has 6 heteroatoms. The zero-order valence-corrected chi connectivity index (χ0v) is 17.7. The Bertz CT molecular complexity index is 589. The van der Waals surface area contributed by atoms with Crippen LogP contribution in [0.25, 0.3) is 0 Å². The maximum Gasteiger partial charge on any atom is 0.242 e. The number of amides is 1. The number of hydrogen-bond acceptors (Lipinski definition) is 3. The van der Waals surface area contributed by atoms with Gasteiger partial charge in [0.25, 0.3) is 0 Å². The molecular weight excluding hydrogens is 340 g/mol. The standard InChI is InChI=1S/C21H36N4O2/c1-7-22-20(24-14-19(26)25-21(4,5)6)23-13-12-17-8-10-18(11-9-17)27-15-16(2)3/h8-11,16H,7,12-15H2,1-6H3,(H,25,26)(H2,22,23,24). The van der Waals surface area contributed by atoms with Gasteiger partial charge in [0.05, 0.1) is 6.61 Å². The topological polar surface area (TPSA) is 74.8 Å². The minimum Gasteiger partial charge on any atom is -0.493 e. The van der Waals surface area contributed by atoms with E-state index in [0.29, 0.717) is 11.9 Å². The summed E-state index contributed by atoms with van der Waals surface area (Å²) in [6.07, 6.45) is 0.864. The van der Waals surface area contributed by atoms with E-state index in [1.807, 2.05) is 39.8 Å². The van der Waals surface area contributed by atoms with Crippen LogP contribution in [0.3, 0.4) is 0 Å². The molecule has 1 rings (SSSR count). The van der Waals surface area contributed by atoms with Gasteiger partial charge in [-0.25, -0.2) is 4.99 Å². The van der Waals surface area contributed by atoms with E-state index >= 15 is 0 Å². The Morgan fingerprint density at radius 3 is 2.37 bits per heavy atom. The van der Waals surface area contributed by atoms with Crippen LogP contribution in [0.2, 0.25) is 0 Å². The van der Waals surface area contributed by atoms with Crippen LogP contribution in [0.1, 0.15) is 47.1 Å². The van der Waals surface area contributed by atoms with Crippen LogP contribution in [0.15, 0.2) is 29.3 Å². The highest BCUT2D eigenvalue weighted by molar-refractivity contribution is 5.85. The number of benzene rings is 1. The first-order valence-corrected chi connectivity index (χ1v) is 9.74. The quantitative estimate of drug-likeness (QED) is 0.458. The summed E-state index contributed by atoms with van der Waals surface area (Å²) in [5.74, 6) is 1.98. The van der Waals surface area contributed by atoms with Gasteiger partial charge in [-0.15, -0.1) is 0 Å². The van der Waals surface area contributed by atoms with Gasteiger partial charge in [0.15, 0.2) is 5.96 Å². The zero-order chi connectivity index (χ0) is 20.3. The predicted octanol–water partition coefficient (Wildman–Crippen LogP) is 2.73. The third-order valence-electron chi connectivity index (χ3n) is 3.45. The molecule has 0 fully saturated rings. The number of carbonyl (C=O) groups is 1. The highest BCUT2D eigenvalue weighted by atomic mass is 16.5. The minimum atomic E-state index is -0.247. The van der Waals surface area contributed by atoms with Crippen LogP contribution in [0.5, 0.6) is 5.75 Å². The summed E-state index contributed by atoms with van der Waals surface area (Å²) in [6, 6.07) is 8.18. The number of hydrogen-bond donors (Lipinski definition) is 3. The Hall–Kier alpha value is -2.24. The van der Waals surface area contributed by atoms with E-state index in [0.717, 1.165) is 31.9 Å². The predicted molar refractivity (Wildman–Crippen MR) is 112 cm³/mol. The van der Waals surface area contributed by atoms with Gasteiger partial charge < -0.3 is 20.7 Å². The molecule has 0 spiro atoms. The lowest BCUT2D eigenvalue weighted by Crippen LogP contribution is -2.43. The fourth-order valence-electron chi connectivity index (χ4n) is 2.29. The van der Waals surface area contributed by atoms with Crippen molar-refractivity contribution in [1.29, 1.82) is 0 Å². The van der Waals surface area contributed by atoms with Crippen LogP contribution in [-0.2, 0) is 11.2 Å². The average molecular weight is 377 g/mol. The van der Waals surface area contributed by atoms with Crippen molar-refractivity contribution < 1.29 is 9.53 Å². The van der Waals surface area contributed by atoms with E-state index in [1.54, 1.807) is 0 Å². The van der Waals surface area contributed by atoms with E-state index in [4.69, 9.17) is 4.74 Å². The smallest absolute Gasteiger partial charge is 0.242 e. The van der Waals surface area contributed by atoms with E-state index in [-0.39, 0.29) is 18.0 Å². The van der Waals surface area contributed by atoms with Gasteiger partial charge in [0, 0.05) is 18.6 Å². The van der Waals surface area contributed by atoms with Gasteiger partial charge in [-0.3, -0.25) is 4.79 Å². The van der Waals surface area contributed by atoms with Crippen LogP contribution in [-0.4, -0.2) is 43.6 Å². The molecule has 27 heavy (non-hydrogen) atoms. The lowest BCUT2D eigenvalue weighted by molar-refractivity contribution is -0.121. The molecule has 1 amide bonds. The van der Waals surface area contributed by atoms with E-state index in [2.05, 4.69) is 46.9 Å². The van der Waals surface area contributed by atoms with Crippen LogP contribution in [0, 0.1) is 5.92 Å². The SMILES string of the molecule is CCNC(=NCC(=O)NC(C)(C)C)NCCc1ccc(OCC(C)C)cc1. The van der Waals surface area contributed by atoms with Crippen molar-refractivity contribution in [3.63, 3.8) is 0 Å². The molecule has 0 aliphatic rings. The Morgan fingerprint density at radius 2 is 1.81 bits per heavy atom. The lowest BCUT2D eigenvalue weighted by Gasteiger charge is -2.20. The number of nitrogens with zero attached hydrogens (tertiary/aromatic N) is 1. The molecule has 0 aliphatic heterocycles. The Kier molecular flexibility index (Phi) is 9.68. The average Bonchev–Trinajstić information content (AvgIpc) is 2.57. The second-order valence-electron chi connectivity index (χ2n) is 8.02. The van der Waals surface area contributed by atoms with Crippen LogP contribution >= 0.6 is 0 Å².